The van der Waals surface area contributed by atoms with Crippen LogP contribution in [0.15, 0.2) is 65.3 Å². The van der Waals surface area contributed by atoms with E-state index in [4.69, 9.17) is 5.73 Å². The van der Waals surface area contributed by atoms with Crippen LogP contribution in [0.5, 0.6) is 0 Å². The smallest absolute Gasteiger partial charge is 0.283 e. The molecular weight excluding hydrogens is 353 g/mol. The van der Waals surface area contributed by atoms with Gasteiger partial charge in [0.15, 0.2) is 5.17 Å². The van der Waals surface area contributed by atoms with Crippen LogP contribution >= 0.6 is 11.8 Å². The van der Waals surface area contributed by atoms with Gasteiger partial charge in [-0.1, -0.05) is 42.1 Å². The van der Waals surface area contributed by atoms with Gasteiger partial charge < -0.3 is 5.73 Å². The van der Waals surface area contributed by atoms with Crippen LogP contribution in [0.1, 0.15) is 12.5 Å². The van der Waals surface area contributed by atoms with Crippen molar-refractivity contribution in [3.63, 3.8) is 0 Å². The minimum absolute atomic E-state index is 0.236. The van der Waals surface area contributed by atoms with Gasteiger partial charge in [-0.25, -0.2) is 9.38 Å². The first-order valence-electron chi connectivity index (χ1n) is 7.87. The Balaban J connectivity index is 2.00. The van der Waals surface area contributed by atoms with Crippen molar-refractivity contribution in [2.24, 2.45) is 10.7 Å². The van der Waals surface area contributed by atoms with Gasteiger partial charge in [0.25, 0.3) is 5.91 Å². The summed E-state index contributed by atoms with van der Waals surface area (Å²) in [7, 11) is 0. The summed E-state index contributed by atoms with van der Waals surface area (Å²) >= 11 is 1.09. The highest BCUT2D eigenvalue weighted by atomic mass is 32.2. The predicted molar refractivity (Wildman–Crippen MR) is 102 cm³/mol. The van der Waals surface area contributed by atoms with E-state index in [1.807, 2.05) is 30.3 Å². The number of aliphatic imine (C=N–C) groups is 1. The van der Waals surface area contributed by atoms with Crippen LogP contribution in [0.3, 0.4) is 0 Å². The van der Waals surface area contributed by atoms with E-state index in [-0.39, 0.29) is 11.6 Å². The molecule has 1 aliphatic rings. The molecular formula is C19H16FN3O2S. The van der Waals surface area contributed by atoms with Gasteiger partial charge in [0.1, 0.15) is 11.5 Å². The third-order valence-corrected chi connectivity index (χ3v) is 4.77. The number of benzene rings is 2. The number of nitrogens with two attached hydrogens (primary N) is 1. The lowest BCUT2D eigenvalue weighted by atomic mass is 10.2. The normalized spacial score (nSPS) is 16.7. The van der Waals surface area contributed by atoms with Crippen molar-refractivity contribution in [3.8, 4) is 0 Å². The second-order valence-electron chi connectivity index (χ2n) is 5.61. The lowest BCUT2D eigenvalue weighted by molar-refractivity contribution is -0.117. The molecule has 26 heavy (non-hydrogen) atoms. The van der Waals surface area contributed by atoms with Crippen molar-refractivity contribution in [2.75, 3.05) is 4.90 Å². The topological polar surface area (TPSA) is 75.8 Å². The zero-order chi connectivity index (χ0) is 18.7. The Bertz CT molecular complexity index is 895. The van der Waals surface area contributed by atoms with E-state index < -0.39 is 17.0 Å². The number of thioether (sulfide) groups is 1. The SMILES string of the molecule is C[C@@H](SC1=N/C(=C/c2ccccc2)C(=O)N1c1ccc(F)cc1)C(N)=O. The van der Waals surface area contributed by atoms with E-state index in [1.165, 1.54) is 29.2 Å². The van der Waals surface area contributed by atoms with E-state index >= 15 is 0 Å². The maximum atomic E-state index is 13.2. The molecule has 0 saturated carbocycles. The summed E-state index contributed by atoms with van der Waals surface area (Å²) in [5.41, 5.74) is 6.86. The predicted octanol–water partition coefficient (Wildman–Crippen LogP) is 3.18. The quantitative estimate of drug-likeness (QED) is 0.841. The molecule has 0 spiro atoms. The summed E-state index contributed by atoms with van der Waals surface area (Å²) in [5, 5.41) is -0.240. The second kappa shape index (κ2) is 7.53. The van der Waals surface area contributed by atoms with Crippen LogP contribution in [-0.4, -0.2) is 22.2 Å². The number of halogens is 1. The van der Waals surface area contributed by atoms with Crippen LogP contribution in [0.25, 0.3) is 6.08 Å². The van der Waals surface area contributed by atoms with Gasteiger partial charge in [0.2, 0.25) is 5.91 Å². The molecule has 1 atom stereocenters. The highest BCUT2D eigenvalue weighted by Crippen LogP contribution is 2.31. The van der Waals surface area contributed by atoms with Crippen molar-refractivity contribution in [1.29, 1.82) is 0 Å². The number of amides is 2. The van der Waals surface area contributed by atoms with Gasteiger partial charge in [0.05, 0.1) is 10.9 Å². The van der Waals surface area contributed by atoms with Gasteiger partial charge in [-0.15, -0.1) is 0 Å². The summed E-state index contributed by atoms with van der Waals surface area (Å²) in [6.07, 6.45) is 1.67. The van der Waals surface area contributed by atoms with Crippen molar-refractivity contribution in [1.82, 2.24) is 0 Å². The van der Waals surface area contributed by atoms with E-state index in [2.05, 4.69) is 4.99 Å². The maximum Gasteiger partial charge on any atom is 0.283 e. The van der Waals surface area contributed by atoms with E-state index in [0.29, 0.717) is 10.9 Å². The molecule has 132 valence electrons. The number of anilines is 1. The van der Waals surface area contributed by atoms with Gasteiger partial charge in [0, 0.05) is 0 Å². The molecule has 0 unspecified atom stereocenters. The second-order valence-corrected chi connectivity index (χ2v) is 6.92. The summed E-state index contributed by atoms with van der Waals surface area (Å²) < 4.78 is 13.2. The van der Waals surface area contributed by atoms with Crippen molar-refractivity contribution >= 4 is 40.5 Å². The summed E-state index contributed by atoms with van der Waals surface area (Å²) in [6, 6.07) is 14.8. The standard InChI is InChI=1S/C19H16FN3O2S/c1-12(17(21)24)26-19-22-16(11-13-5-3-2-4-6-13)18(25)23(19)15-9-7-14(20)8-10-15/h2-12H,1H3,(H2,21,24)/b16-11+/t12-/m1/s1. The molecule has 2 aromatic carbocycles. The zero-order valence-corrected chi connectivity index (χ0v) is 14.7. The Morgan fingerprint density at radius 1 is 1.19 bits per heavy atom. The third-order valence-electron chi connectivity index (χ3n) is 3.70. The molecule has 0 aliphatic carbocycles. The summed E-state index contributed by atoms with van der Waals surface area (Å²) in [4.78, 5) is 30.0. The van der Waals surface area contributed by atoms with E-state index in [0.717, 1.165) is 17.3 Å². The number of nitrogens with zero attached hydrogens (tertiary/aromatic N) is 2. The number of amidine groups is 1. The maximum absolute atomic E-state index is 13.2. The van der Waals surface area contributed by atoms with Crippen LogP contribution in [0, 0.1) is 5.82 Å². The number of carbonyl (C=O) groups excluding carboxylic acids is 2. The highest BCUT2D eigenvalue weighted by molar-refractivity contribution is 8.15. The average Bonchev–Trinajstić information content (AvgIpc) is 2.92. The first-order valence-corrected chi connectivity index (χ1v) is 8.75. The molecule has 0 fully saturated rings. The van der Waals surface area contributed by atoms with Crippen LogP contribution in [0.4, 0.5) is 10.1 Å². The Kier molecular flexibility index (Phi) is 5.18. The Labute approximate surface area is 154 Å². The van der Waals surface area contributed by atoms with Crippen molar-refractivity contribution in [3.05, 3.63) is 71.7 Å². The fraction of sp³-hybridized carbons (Fsp3) is 0.105. The first kappa shape index (κ1) is 17.9. The third kappa shape index (κ3) is 3.83. The first-order chi connectivity index (χ1) is 12.5. The van der Waals surface area contributed by atoms with Gasteiger partial charge in [-0.05, 0) is 42.8 Å². The molecule has 1 heterocycles. The molecule has 3 rings (SSSR count). The van der Waals surface area contributed by atoms with Gasteiger partial charge in [-0.2, -0.15) is 0 Å². The molecule has 5 nitrogen and oxygen atoms in total. The number of primary amides is 1. The largest absolute Gasteiger partial charge is 0.369 e. The Morgan fingerprint density at radius 2 is 1.85 bits per heavy atom. The van der Waals surface area contributed by atoms with Crippen molar-refractivity contribution < 1.29 is 14.0 Å². The van der Waals surface area contributed by atoms with Gasteiger partial charge >= 0.3 is 0 Å². The number of hydrogen-bond acceptors (Lipinski definition) is 4. The van der Waals surface area contributed by atoms with Crippen LogP contribution in [0.2, 0.25) is 0 Å². The number of hydrogen-bond donors (Lipinski definition) is 1. The molecule has 0 aromatic heterocycles. The molecule has 2 aromatic rings. The number of carbonyl (C=O) groups is 2. The molecule has 1 aliphatic heterocycles. The van der Waals surface area contributed by atoms with Crippen LogP contribution in [-0.2, 0) is 9.59 Å². The summed E-state index contributed by atoms with van der Waals surface area (Å²) in [6.45, 7) is 1.64. The molecule has 0 radical (unpaired) electrons. The highest BCUT2D eigenvalue weighted by Gasteiger charge is 2.33. The lowest BCUT2D eigenvalue weighted by Crippen LogP contribution is -2.33. The summed E-state index contributed by atoms with van der Waals surface area (Å²) in [5.74, 6) is -1.26. The zero-order valence-electron chi connectivity index (χ0n) is 13.9. The number of rotatable bonds is 4. The van der Waals surface area contributed by atoms with E-state index in [1.54, 1.807) is 13.0 Å². The molecule has 7 heteroatoms. The molecule has 2 amide bonds. The fourth-order valence-corrected chi connectivity index (χ4v) is 3.19. The Hall–Kier alpha value is -2.93. The molecule has 2 N–H and O–H groups in total. The molecule has 0 saturated heterocycles. The minimum Gasteiger partial charge on any atom is -0.369 e. The van der Waals surface area contributed by atoms with E-state index in [9.17, 15) is 14.0 Å². The lowest BCUT2D eigenvalue weighted by Gasteiger charge is -2.19. The monoisotopic (exact) mass is 369 g/mol. The fourth-order valence-electron chi connectivity index (χ4n) is 2.32. The van der Waals surface area contributed by atoms with Crippen LogP contribution < -0.4 is 10.6 Å². The Morgan fingerprint density at radius 3 is 2.46 bits per heavy atom. The minimum atomic E-state index is -0.569. The average molecular weight is 369 g/mol. The van der Waals surface area contributed by atoms with Gasteiger partial charge in [-0.3, -0.25) is 14.5 Å². The molecule has 0 bridgehead atoms. The van der Waals surface area contributed by atoms with Crippen molar-refractivity contribution in [2.45, 2.75) is 12.2 Å².